The van der Waals surface area contributed by atoms with Crippen LogP contribution in [0.5, 0.6) is 17.2 Å². The van der Waals surface area contributed by atoms with Gasteiger partial charge in [0.2, 0.25) is 11.9 Å². The van der Waals surface area contributed by atoms with Crippen LogP contribution in [0.3, 0.4) is 0 Å². The van der Waals surface area contributed by atoms with Gasteiger partial charge in [-0.05, 0) is 78.6 Å². The Balaban J connectivity index is 1.19. The van der Waals surface area contributed by atoms with E-state index in [1.807, 2.05) is 103 Å². The number of ether oxygens (including phenoxy) is 4. The van der Waals surface area contributed by atoms with Crippen molar-refractivity contribution in [2.24, 2.45) is 0 Å². The highest BCUT2D eigenvalue weighted by molar-refractivity contribution is 5.84. The molecule has 0 aliphatic carbocycles. The van der Waals surface area contributed by atoms with Gasteiger partial charge in [0.15, 0.2) is 0 Å². The molecule has 12 bridgehead atoms. The molecule has 0 radical (unpaired) electrons. The van der Waals surface area contributed by atoms with Crippen molar-refractivity contribution in [2.75, 3.05) is 37.1 Å². The maximum absolute atomic E-state index is 6.23. The van der Waals surface area contributed by atoms with E-state index in [1.54, 1.807) is 6.20 Å². The molecule has 0 spiro atoms. The largest absolute Gasteiger partial charge is 0.493 e. The molecule has 0 saturated carbocycles. The first-order chi connectivity index (χ1) is 26.2. The molecular weight excluding hydrogens is 665 g/mol. The molecule has 4 heterocycles. The Kier molecular flexibility index (Phi) is 10.3. The van der Waals surface area contributed by atoms with Gasteiger partial charge in [-0.2, -0.15) is 0 Å². The van der Waals surface area contributed by atoms with Crippen LogP contribution in [0, 0.1) is 0 Å². The SMILES string of the molecule is C1=CCOc2cccc(c2)Nc2ncc(-c3ccc4cc3COC/C=C/CCOc3cccc(c3)-c3ccnc(n3)N4)c(n2)-c2cccc(c2)OCC1. The van der Waals surface area contributed by atoms with Gasteiger partial charge < -0.3 is 29.6 Å². The maximum Gasteiger partial charge on any atom is 0.227 e. The van der Waals surface area contributed by atoms with Crippen LogP contribution in [0.1, 0.15) is 18.4 Å². The number of nitrogens with zero attached hydrogens (tertiary/aromatic N) is 4. The van der Waals surface area contributed by atoms with Crippen molar-refractivity contribution in [1.82, 2.24) is 19.9 Å². The molecule has 10 heteroatoms. The molecule has 8 rings (SSSR count). The third kappa shape index (κ3) is 8.52. The summed E-state index contributed by atoms with van der Waals surface area (Å²) in [5.74, 6) is 3.24. The van der Waals surface area contributed by atoms with E-state index >= 15 is 0 Å². The highest BCUT2D eigenvalue weighted by Gasteiger charge is 2.18. The first-order valence-corrected chi connectivity index (χ1v) is 17.7. The summed E-state index contributed by atoms with van der Waals surface area (Å²) in [6, 6.07) is 31.8. The molecule has 0 unspecified atom stereocenters. The van der Waals surface area contributed by atoms with E-state index in [9.17, 15) is 0 Å². The number of fused-ring (bicyclic) bond motifs is 14. The molecule has 2 aromatic heterocycles. The molecule has 2 aliphatic heterocycles. The lowest BCUT2D eigenvalue weighted by Crippen LogP contribution is -2.04. The lowest BCUT2D eigenvalue weighted by molar-refractivity contribution is 0.149. The maximum atomic E-state index is 6.23. The first kappa shape index (κ1) is 33.6. The van der Waals surface area contributed by atoms with Crippen LogP contribution in [0.2, 0.25) is 0 Å². The van der Waals surface area contributed by atoms with Crippen LogP contribution in [0.25, 0.3) is 33.6 Å². The molecule has 2 N–H and O–H groups in total. The second-order valence-corrected chi connectivity index (χ2v) is 12.5. The number of nitrogens with one attached hydrogen (secondary N) is 2. The highest BCUT2D eigenvalue weighted by Crippen LogP contribution is 2.37. The Labute approximate surface area is 308 Å². The monoisotopic (exact) mass is 702 g/mol. The van der Waals surface area contributed by atoms with Crippen molar-refractivity contribution >= 4 is 23.3 Å². The zero-order valence-corrected chi connectivity index (χ0v) is 29.1. The van der Waals surface area contributed by atoms with Gasteiger partial charge in [-0.3, -0.25) is 0 Å². The van der Waals surface area contributed by atoms with Crippen LogP contribution in [0.4, 0.5) is 23.3 Å². The van der Waals surface area contributed by atoms with E-state index in [0.717, 1.165) is 80.7 Å². The Hall–Kier alpha value is -6.52. The normalized spacial score (nSPS) is 15.0. The quantitative estimate of drug-likeness (QED) is 0.161. The number of hydrogen-bond donors (Lipinski definition) is 2. The Morgan fingerprint density at radius 2 is 1.25 bits per heavy atom. The summed E-state index contributed by atoms with van der Waals surface area (Å²) in [6.45, 7) is 2.35. The van der Waals surface area contributed by atoms with Crippen LogP contribution >= 0.6 is 0 Å². The van der Waals surface area contributed by atoms with Crippen LogP contribution in [-0.2, 0) is 11.3 Å². The van der Waals surface area contributed by atoms with Crippen molar-refractivity contribution < 1.29 is 18.9 Å². The summed E-state index contributed by atoms with van der Waals surface area (Å²) >= 11 is 0. The fourth-order valence-corrected chi connectivity index (χ4v) is 6.14. The molecule has 264 valence electrons. The van der Waals surface area contributed by atoms with Crippen molar-refractivity contribution in [3.63, 3.8) is 0 Å². The van der Waals surface area contributed by atoms with Crippen molar-refractivity contribution in [1.29, 1.82) is 0 Å². The second-order valence-electron chi connectivity index (χ2n) is 12.5. The minimum atomic E-state index is 0.347. The predicted molar refractivity (Wildman–Crippen MR) is 207 cm³/mol. The van der Waals surface area contributed by atoms with Gasteiger partial charge >= 0.3 is 0 Å². The molecule has 0 amide bonds. The number of aromatic nitrogens is 4. The summed E-state index contributed by atoms with van der Waals surface area (Å²) in [7, 11) is 0. The number of rotatable bonds is 1. The molecule has 53 heavy (non-hydrogen) atoms. The molecule has 10 nitrogen and oxygen atoms in total. The fraction of sp³-hybridized carbons (Fsp3) is 0.163. The third-order valence-electron chi connectivity index (χ3n) is 8.68. The fourth-order valence-electron chi connectivity index (χ4n) is 6.14. The van der Waals surface area contributed by atoms with Gasteiger partial charge in [0.1, 0.15) is 23.9 Å². The van der Waals surface area contributed by atoms with E-state index in [0.29, 0.717) is 44.9 Å². The zero-order valence-electron chi connectivity index (χ0n) is 29.1. The van der Waals surface area contributed by atoms with Crippen molar-refractivity contribution in [3.05, 3.63) is 139 Å². The zero-order chi connectivity index (χ0) is 35.7. The summed E-state index contributed by atoms with van der Waals surface area (Å²) in [5, 5.41) is 6.78. The minimum Gasteiger partial charge on any atom is -0.493 e. The topological polar surface area (TPSA) is 113 Å². The highest BCUT2D eigenvalue weighted by atomic mass is 16.5. The molecule has 0 fully saturated rings. The van der Waals surface area contributed by atoms with Crippen molar-refractivity contribution in [2.45, 2.75) is 19.4 Å². The van der Waals surface area contributed by atoms with Gasteiger partial charge in [0, 0.05) is 46.5 Å². The number of anilines is 4. The van der Waals surface area contributed by atoms with Crippen LogP contribution in [-0.4, -0.2) is 46.4 Å². The van der Waals surface area contributed by atoms with Crippen LogP contribution < -0.4 is 24.8 Å². The molecular formula is C43H38N6O4. The van der Waals surface area contributed by atoms with E-state index in [1.165, 1.54) is 0 Å². The Morgan fingerprint density at radius 1 is 0.547 bits per heavy atom. The van der Waals surface area contributed by atoms with Gasteiger partial charge in [0.25, 0.3) is 0 Å². The van der Waals surface area contributed by atoms with Crippen molar-refractivity contribution in [3.8, 4) is 50.9 Å². The molecule has 2 aliphatic rings. The molecule has 6 aromatic rings. The number of benzene rings is 4. The Bertz CT molecular complexity index is 2270. The molecule has 0 atom stereocenters. The van der Waals surface area contributed by atoms with E-state index in [4.69, 9.17) is 33.9 Å². The smallest absolute Gasteiger partial charge is 0.227 e. The Morgan fingerprint density at radius 3 is 2.08 bits per heavy atom. The summed E-state index contributed by atoms with van der Waals surface area (Å²) in [6.07, 6.45) is 13.3. The summed E-state index contributed by atoms with van der Waals surface area (Å²) in [5.41, 5.74) is 7.77. The lowest BCUT2D eigenvalue weighted by atomic mass is 9.96. The minimum absolute atomic E-state index is 0.347. The van der Waals surface area contributed by atoms with E-state index in [2.05, 4.69) is 39.9 Å². The third-order valence-corrected chi connectivity index (χ3v) is 8.68. The second kappa shape index (κ2) is 16.2. The van der Waals surface area contributed by atoms with Gasteiger partial charge in [0.05, 0.1) is 37.8 Å². The van der Waals surface area contributed by atoms with E-state index in [-0.39, 0.29) is 0 Å². The molecule has 0 saturated heterocycles. The summed E-state index contributed by atoms with van der Waals surface area (Å²) < 4.78 is 24.3. The molecule has 4 aromatic carbocycles. The lowest BCUT2D eigenvalue weighted by Gasteiger charge is -2.17. The van der Waals surface area contributed by atoms with Crippen LogP contribution in [0.15, 0.2) is 134 Å². The average molecular weight is 703 g/mol. The average Bonchev–Trinajstić information content (AvgIpc) is 3.19. The first-order valence-electron chi connectivity index (χ1n) is 17.7. The van der Waals surface area contributed by atoms with E-state index < -0.39 is 0 Å². The predicted octanol–water partition coefficient (Wildman–Crippen LogP) is 9.33. The number of hydrogen-bond acceptors (Lipinski definition) is 10. The summed E-state index contributed by atoms with van der Waals surface area (Å²) in [4.78, 5) is 19.2. The van der Waals surface area contributed by atoms with Gasteiger partial charge in [-0.25, -0.2) is 19.9 Å². The van der Waals surface area contributed by atoms with Gasteiger partial charge in [-0.1, -0.05) is 60.7 Å². The van der Waals surface area contributed by atoms with Gasteiger partial charge in [-0.15, -0.1) is 0 Å². The standard InChI is InChI=1S/C43H38N6O4/c1-3-20-50-29-32-24-34(47-42-44-19-18-40(48-42)30-10-7-13-35(25-30)51-21-4-1)16-17-38(32)39-28-45-43-46-33-12-9-15-37(27-33)53-23-6-2-5-22-52-36-14-8-11-31(26-36)41(39)49-43/h1-3,6-19,24-28H,4-5,20-23,29H2,(H,44,47,48)(H,45,46,49)/b3-1+,6-2?.